The highest BCUT2D eigenvalue weighted by Crippen LogP contribution is 2.08. The monoisotopic (exact) mass is 308 g/mol. The van der Waals surface area contributed by atoms with Crippen LogP contribution in [0.25, 0.3) is 0 Å². The van der Waals surface area contributed by atoms with Crippen LogP contribution >= 0.6 is 0 Å². The van der Waals surface area contributed by atoms with Gasteiger partial charge >= 0.3 is 5.97 Å². The van der Waals surface area contributed by atoms with Crippen molar-refractivity contribution < 1.29 is 9.53 Å². The number of ether oxygens (including phenoxy) is 1. The van der Waals surface area contributed by atoms with Gasteiger partial charge in [-0.25, -0.2) is 0 Å². The summed E-state index contributed by atoms with van der Waals surface area (Å²) in [5.41, 5.74) is 0. The highest BCUT2D eigenvalue weighted by molar-refractivity contribution is 5.65. The van der Waals surface area contributed by atoms with E-state index in [0.717, 1.165) is 12.8 Å². The Labute approximate surface area is 138 Å². The predicted molar refractivity (Wildman–Crippen MR) is 96.0 cm³/mol. The molecular formula is C20H36O2. The molecule has 0 aliphatic heterocycles. The average molecular weight is 309 g/mol. The molecule has 0 spiro atoms. The summed E-state index contributed by atoms with van der Waals surface area (Å²) in [6.45, 7) is 4.30. The van der Waals surface area contributed by atoms with Crippen molar-refractivity contribution >= 4 is 5.97 Å². The van der Waals surface area contributed by atoms with Crippen molar-refractivity contribution in [3.63, 3.8) is 0 Å². The molecule has 128 valence electrons. The standard InChI is InChI=1S/C20H36O2/c1-3-4-5-6-7-8-9-10-11-12-13-14-15-16-17-18-19-22-20(2)21/h7-8,10-11H,3-6,9,12-19H2,1-2H3/b8-7+,11-10-. The zero-order valence-corrected chi connectivity index (χ0v) is 14.8. The number of hydrogen-bond donors (Lipinski definition) is 0. The van der Waals surface area contributed by atoms with Crippen molar-refractivity contribution in [2.45, 2.75) is 90.9 Å². The SMILES string of the molecule is CCCCC/C=C/C/C=C\CCCCCCCCOC(C)=O. The lowest BCUT2D eigenvalue weighted by Crippen LogP contribution is -1.99. The van der Waals surface area contributed by atoms with Crippen LogP contribution in [0.5, 0.6) is 0 Å². The van der Waals surface area contributed by atoms with E-state index in [1.54, 1.807) is 0 Å². The first-order chi connectivity index (χ1) is 10.8. The summed E-state index contributed by atoms with van der Waals surface area (Å²) in [4.78, 5) is 10.6. The molecule has 0 atom stereocenters. The lowest BCUT2D eigenvalue weighted by molar-refractivity contribution is -0.141. The van der Waals surface area contributed by atoms with Crippen LogP contribution in [0.15, 0.2) is 24.3 Å². The number of unbranched alkanes of at least 4 members (excludes halogenated alkanes) is 9. The molecule has 0 bridgehead atoms. The molecule has 2 nitrogen and oxygen atoms in total. The number of hydrogen-bond acceptors (Lipinski definition) is 2. The molecular weight excluding hydrogens is 272 g/mol. The van der Waals surface area contributed by atoms with E-state index in [9.17, 15) is 4.79 Å². The zero-order valence-electron chi connectivity index (χ0n) is 14.8. The van der Waals surface area contributed by atoms with Crippen molar-refractivity contribution in [3.05, 3.63) is 24.3 Å². The first-order valence-corrected chi connectivity index (χ1v) is 9.20. The molecule has 0 heterocycles. The van der Waals surface area contributed by atoms with Gasteiger partial charge in [-0.3, -0.25) is 4.79 Å². The fraction of sp³-hybridized carbons (Fsp3) is 0.750. The van der Waals surface area contributed by atoms with Crippen molar-refractivity contribution in [2.75, 3.05) is 6.61 Å². The number of allylic oxidation sites excluding steroid dienone is 4. The van der Waals surface area contributed by atoms with E-state index in [1.165, 1.54) is 71.1 Å². The van der Waals surface area contributed by atoms with Crippen molar-refractivity contribution in [3.8, 4) is 0 Å². The number of carbonyl (C=O) groups excluding carboxylic acids is 1. The summed E-state index contributed by atoms with van der Waals surface area (Å²) in [6.07, 6.45) is 24.1. The first kappa shape index (κ1) is 20.9. The highest BCUT2D eigenvalue weighted by atomic mass is 16.5. The van der Waals surface area contributed by atoms with E-state index < -0.39 is 0 Å². The summed E-state index contributed by atoms with van der Waals surface area (Å²) >= 11 is 0. The molecule has 22 heavy (non-hydrogen) atoms. The lowest BCUT2D eigenvalue weighted by Gasteiger charge is -2.02. The van der Waals surface area contributed by atoms with Crippen LogP contribution in [0.4, 0.5) is 0 Å². The molecule has 0 fully saturated rings. The van der Waals surface area contributed by atoms with E-state index in [-0.39, 0.29) is 5.97 Å². The normalized spacial score (nSPS) is 11.5. The Morgan fingerprint density at radius 1 is 0.773 bits per heavy atom. The maximum absolute atomic E-state index is 10.6. The maximum atomic E-state index is 10.6. The van der Waals surface area contributed by atoms with E-state index >= 15 is 0 Å². The van der Waals surface area contributed by atoms with E-state index in [4.69, 9.17) is 4.74 Å². The fourth-order valence-corrected chi connectivity index (χ4v) is 2.31. The number of esters is 1. The third kappa shape index (κ3) is 18.9. The minimum Gasteiger partial charge on any atom is -0.466 e. The van der Waals surface area contributed by atoms with Gasteiger partial charge in [0, 0.05) is 6.92 Å². The van der Waals surface area contributed by atoms with Crippen molar-refractivity contribution in [1.29, 1.82) is 0 Å². The Morgan fingerprint density at radius 3 is 1.91 bits per heavy atom. The first-order valence-electron chi connectivity index (χ1n) is 9.20. The van der Waals surface area contributed by atoms with Gasteiger partial charge < -0.3 is 4.74 Å². The van der Waals surface area contributed by atoms with Crippen LogP contribution in [-0.2, 0) is 9.53 Å². The fourth-order valence-electron chi connectivity index (χ4n) is 2.31. The highest BCUT2D eigenvalue weighted by Gasteiger charge is 1.93. The summed E-state index contributed by atoms with van der Waals surface area (Å²) in [6, 6.07) is 0. The van der Waals surface area contributed by atoms with Crippen molar-refractivity contribution in [2.24, 2.45) is 0 Å². The Kier molecular flexibility index (Phi) is 17.1. The molecule has 0 aromatic rings. The molecule has 0 N–H and O–H groups in total. The molecule has 2 heteroatoms. The summed E-state index contributed by atoms with van der Waals surface area (Å²) in [5, 5.41) is 0. The van der Waals surface area contributed by atoms with Gasteiger partial charge in [0.25, 0.3) is 0 Å². The van der Waals surface area contributed by atoms with Crippen LogP contribution in [0.3, 0.4) is 0 Å². The van der Waals surface area contributed by atoms with Gasteiger partial charge in [-0.15, -0.1) is 0 Å². The summed E-state index contributed by atoms with van der Waals surface area (Å²) < 4.78 is 4.91. The van der Waals surface area contributed by atoms with Gasteiger partial charge in [0.05, 0.1) is 6.61 Å². The van der Waals surface area contributed by atoms with E-state index in [0.29, 0.717) is 6.61 Å². The number of carbonyl (C=O) groups is 1. The van der Waals surface area contributed by atoms with Gasteiger partial charge in [0.1, 0.15) is 0 Å². The van der Waals surface area contributed by atoms with Crippen LogP contribution < -0.4 is 0 Å². The van der Waals surface area contributed by atoms with Crippen LogP contribution in [0.1, 0.15) is 90.9 Å². The maximum Gasteiger partial charge on any atom is 0.302 e. The van der Waals surface area contributed by atoms with Crippen LogP contribution in [0.2, 0.25) is 0 Å². The lowest BCUT2D eigenvalue weighted by atomic mass is 10.1. The minimum atomic E-state index is -0.164. The summed E-state index contributed by atoms with van der Waals surface area (Å²) in [5.74, 6) is -0.164. The van der Waals surface area contributed by atoms with Crippen LogP contribution in [0, 0.1) is 0 Å². The molecule has 0 saturated carbocycles. The Hall–Kier alpha value is -1.05. The second-order valence-corrected chi connectivity index (χ2v) is 5.92. The van der Waals surface area contributed by atoms with E-state index in [2.05, 4.69) is 31.2 Å². The van der Waals surface area contributed by atoms with Gasteiger partial charge in [-0.1, -0.05) is 69.8 Å². The van der Waals surface area contributed by atoms with Gasteiger partial charge in [0.15, 0.2) is 0 Å². The molecule has 0 amide bonds. The van der Waals surface area contributed by atoms with Crippen LogP contribution in [-0.4, -0.2) is 12.6 Å². The number of rotatable bonds is 15. The molecule has 0 aromatic carbocycles. The molecule has 0 radical (unpaired) electrons. The molecule has 0 aliphatic carbocycles. The Morgan fingerprint density at radius 2 is 1.32 bits per heavy atom. The second-order valence-electron chi connectivity index (χ2n) is 5.92. The summed E-state index contributed by atoms with van der Waals surface area (Å²) in [7, 11) is 0. The Balaban J connectivity index is 3.15. The third-order valence-electron chi connectivity index (χ3n) is 3.65. The third-order valence-corrected chi connectivity index (χ3v) is 3.65. The Bertz CT molecular complexity index is 292. The topological polar surface area (TPSA) is 26.3 Å². The quantitative estimate of drug-likeness (QED) is 0.200. The minimum absolute atomic E-state index is 0.164. The van der Waals surface area contributed by atoms with E-state index in [1.807, 2.05) is 0 Å². The average Bonchev–Trinajstić information content (AvgIpc) is 2.50. The molecule has 0 saturated heterocycles. The molecule has 0 aromatic heterocycles. The molecule has 0 aliphatic rings. The van der Waals surface area contributed by atoms with Gasteiger partial charge in [0.2, 0.25) is 0 Å². The second kappa shape index (κ2) is 18.0. The largest absolute Gasteiger partial charge is 0.466 e. The molecule has 0 unspecified atom stereocenters. The van der Waals surface area contributed by atoms with Crippen molar-refractivity contribution in [1.82, 2.24) is 0 Å². The smallest absolute Gasteiger partial charge is 0.302 e. The predicted octanol–water partition coefficient (Wildman–Crippen LogP) is 6.36. The van der Waals surface area contributed by atoms with Gasteiger partial charge in [-0.2, -0.15) is 0 Å². The zero-order chi connectivity index (χ0) is 16.3. The van der Waals surface area contributed by atoms with Gasteiger partial charge in [-0.05, 0) is 38.5 Å². The molecule has 0 rings (SSSR count).